The van der Waals surface area contributed by atoms with Gasteiger partial charge >= 0.3 is 0 Å². The molecule has 0 fully saturated rings. The highest BCUT2D eigenvalue weighted by molar-refractivity contribution is 7.87. The molecule has 7 nitrogen and oxygen atoms in total. The zero-order valence-corrected chi connectivity index (χ0v) is 14.2. The average Bonchev–Trinajstić information content (AvgIpc) is 2.42. The van der Waals surface area contributed by atoms with Crippen LogP contribution in [0.3, 0.4) is 0 Å². The monoisotopic (exact) mass is 320 g/mol. The van der Waals surface area contributed by atoms with Crippen LogP contribution in [0.2, 0.25) is 0 Å². The van der Waals surface area contributed by atoms with Gasteiger partial charge in [-0.1, -0.05) is 0 Å². The molecule has 22 heavy (non-hydrogen) atoms. The SMILES string of the molecule is Cc1ncc(C)c(Nc2cc(NS(=O)C(C)(C)C)ncn2)n1. The van der Waals surface area contributed by atoms with Crippen molar-refractivity contribution in [3.05, 3.63) is 30.0 Å². The second kappa shape index (κ2) is 6.35. The van der Waals surface area contributed by atoms with Crippen LogP contribution < -0.4 is 10.0 Å². The van der Waals surface area contributed by atoms with Gasteiger partial charge in [0.15, 0.2) is 0 Å². The van der Waals surface area contributed by atoms with E-state index in [9.17, 15) is 4.21 Å². The lowest BCUT2D eigenvalue weighted by Gasteiger charge is -2.18. The van der Waals surface area contributed by atoms with Crippen LogP contribution in [0.15, 0.2) is 18.6 Å². The molecule has 0 aliphatic rings. The van der Waals surface area contributed by atoms with E-state index >= 15 is 0 Å². The van der Waals surface area contributed by atoms with E-state index in [1.54, 1.807) is 12.3 Å². The molecule has 1 unspecified atom stereocenters. The largest absolute Gasteiger partial charge is 0.324 e. The maximum Gasteiger partial charge on any atom is 0.143 e. The quantitative estimate of drug-likeness (QED) is 0.899. The van der Waals surface area contributed by atoms with Crippen LogP contribution in [0.25, 0.3) is 0 Å². The maximum absolute atomic E-state index is 12.1. The molecule has 8 heteroatoms. The summed E-state index contributed by atoms with van der Waals surface area (Å²) in [6, 6.07) is 1.69. The van der Waals surface area contributed by atoms with Crippen molar-refractivity contribution < 1.29 is 4.21 Å². The highest BCUT2D eigenvalue weighted by Gasteiger charge is 2.20. The second-order valence-electron chi connectivity index (χ2n) is 5.85. The predicted octanol–water partition coefficient (Wildman–Crippen LogP) is 2.50. The highest BCUT2D eigenvalue weighted by atomic mass is 32.2. The van der Waals surface area contributed by atoms with Gasteiger partial charge in [-0.25, -0.2) is 24.1 Å². The van der Waals surface area contributed by atoms with Crippen LogP contribution in [0.4, 0.5) is 17.5 Å². The van der Waals surface area contributed by atoms with Gasteiger partial charge in [-0.15, -0.1) is 0 Å². The molecule has 118 valence electrons. The lowest BCUT2D eigenvalue weighted by atomic mass is 10.3. The number of hydrogen-bond acceptors (Lipinski definition) is 6. The van der Waals surface area contributed by atoms with E-state index in [0.29, 0.717) is 23.3 Å². The van der Waals surface area contributed by atoms with Crippen LogP contribution in [-0.2, 0) is 11.0 Å². The molecule has 2 heterocycles. The van der Waals surface area contributed by atoms with E-state index in [-0.39, 0.29) is 4.75 Å². The average molecular weight is 320 g/mol. The lowest BCUT2D eigenvalue weighted by Crippen LogP contribution is -2.27. The molecule has 2 aromatic heterocycles. The van der Waals surface area contributed by atoms with Gasteiger partial charge in [0, 0.05) is 17.8 Å². The third-order valence-corrected chi connectivity index (χ3v) is 4.27. The molecule has 0 spiro atoms. The number of aromatic nitrogens is 4. The maximum atomic E-state index is 12.1. The molecule has 1 atom stereocenters. The Labute approximate surface area is 132 Å². The van der Waals surface area contributed by atoms with Crippen molar-refractivity contribution in [1.29, 1.82) is 0 Å². The van der Waals surface area contributed by atoms with E-state index in [2.05, 4.69) is 30.0 Å². The highest BCUT2D eigenvalue weighted by Crippen LogP contribution is 2.19. The van der Waals surface area contributed by atoms with Gasteiger partial charge in [-0.05, 0) is 34.6 Å². The third kappa shape index (κ3) is 4.20. The summed E-state index contributed by atoms with van der Waals surface area (Å²) in [7, 11) is -1.24. The minimum atomic E-state index is -1.24. The summed E-state index contributed by atoms with van der Waals surface area (Å²) in [4.78, 5) is 16.7. The third-order valence-electron chi connectivity index (χ3n) is 2.76. The van der Waals surface area contributed by atoms with Crippen molar-refractivity contribution in [2.75, 3.05) is 10.0 Å². The standard InChI is InChI=1S/C14H20N6OS/c1-9-7-15-10(2)18-13(9)19-11-6-12(17-8-16-11)20-22(21)14(3,4)5/h6-8H,1-5H3,(H2,15,16,17,18,19,20). The van der Waals surface area contributed by atoms with E-state index < -0.39 is 11.0 Å². The Kier molecular flexibility index (Phi) is 4.70. The Bertz CT molecular complexity index is 698. The fourth-order valence-corrected chi connectivity index (χ4v) is 2.12. The fourth-order valence-electron chi connectivity index (χ4n) is 1.51. The smallest absolute Gasteiger partial charge is 0.143 e. The normalized spacial score (nSPS) is 12.8. The zero-order valence-electron chi connectivity index (χ0n) is 13.3. The van der Waals surface area contributed by atoms with Crippen LogP contribution >= 0.6 is 0 Å². The molecule has 0 amide bonds. The Balaban J connectivity index is 2.18. The van der Waals surface area contributed by atoms with E-state index in [4.69, 9.17) is 0 Å². The molecule has 0 saturated carbocycles. The summed E-state index contributed by atoms with van der Waals surface area (Å²) < 4.78 is 14.6. The summed E-state index contributed by atoms with van der Waals surface area (Å²) >= 11 is 0. The first kappa shape index (κ1) is 16.3. The van der Waals surface area contributed by atoms with Crippen LogP contribution in [0, 0.1) is 13.8 Å². The minimum Gasteiger partial charge on any atom is -0.324 e. The van der Waals surface area contributed by atoms with Gasteiger partial charge in [0.2, 0.25) is 0 Å². The summed E-state index contributed by atoms with van der Waals surface area (Å²) in [6.45, 7) is 9.41. The number of aryl methyl sites for hydroxylation is 2. The van der Waals surface area contributed by atoms with Gasteiger partial charge in [-0.3, -0.25) is 4.72 Å². The molecule has 0 aliphatic carbocycles. The number of rotatable bonds is 4. The molecule has 2 N–H and O–H groups in total. The molecule has 0 saturated heterocycles. The van der Waals surface area contributed by atoms with E-state index in [1.807, 2.05) is 34.6 Å². The lowest BCUT2D eigenvalue weighted by molar-refractivity contribution is 0.653. The first-order chi connectivity index (χ1) is 10.3. The Morgan fingerprint density at radius 3 is 2.45 bits per heavy atom. The van der Waals surface area contributed by atoms with Crippen molar-refractivity contribution in [3.8, 4) is 0 Å². The Morgan fingerprint density at radius 2 is 1.77 bits per heavy atom. The van der Waals surface area contributed by atoms with E-state index in [1.165, 1.54) is 6.33 Å². The number of anilines is 3. The first-order valence-corrected chi connectivity index (χ1v) is 7.98. The topological polar surface area (TPSA) is 92.7 Å². The number of nitrogens with zero attached hydrogens (tertiary/aromatic N) is 4. The summed E-state index contributed by atoms with van der Waals surface area (Å²) in [5.74, 6) is 2.43. The minimum absolute atomic E-state index is 0.376. The Morgan fingerprint density at radius 1 is 1.09 bits per heavy atom. The first-order valence-electron chi connectivity index (χ1n) is 6.83. The van der Waals surface area contributed by atoms with Crippen LogP contribution in [0.5, 0.6) is 0 Å². The molecule has 0 radical (unpaired) electrons. The summed E-state index contributed by atoms with van der Waals surface area (Å²) in [5, 5.41) is 3.12. The fraction of sp³-hybridized carbons (Fsp3) is 0.429. The molecule has 2 rings (SSSR count). The van der Waals surface area contributed by atoms with Crippen LogP contribution in [-0.4, -0.2) is 28.9 Å². The molecule has 0 aliphatic heterocycles. The second-order valence-corrected chi connectivity index (χ2v) is 7.81. The molecule has 0 bridgehead atoms. The van der Waals surface area contributed by atoms with Crippen molar-refractivity contribution in [1.82, 2.24) is 19.9 Å². The number of hydrogen-bond donors (Lipinski definition) is 2. The van der Waals surface area contributed by atoms with Crippen molar-refractivity contribution in [2.45, 2.75) is 39.4 Å². The predicted molar refractivity (Wildman–Crippen MR) is 88.3 cm³/mol. The summed E-state index contributed by atoms with van der Waals surface area (Å²) in [6.07, 6.45) is 3.16. The molecule has 0 aromatic carbocycles. The van der Waals surface area contributed by atoms with Gasteiger partial charge < -0.3 is 5.32 Å². The van der Waals surface area contributed by atoms with Gasteiger partial charge in [0.25, 0.3) is 0 Å². The van der Waals surface area contributed by atoms with Crippen molar-refractivity contribution in [2.24, 2.45) is 0 Å². The van der Waals surface area contributed by atoms with Crippen molar-refractivity contribution >= 4 is 28.4 Å². The molecule has 2 aromatic rings. The number of nitrogens with one attached hydrogen (secondary N) is 2. The van der Waals surface area contributed by atoms with Gasteiger partial charge in [-0.2, -0.15) is 0 Å². The van der Waals surface area contributed by atoms with Crippen LogP contribution in [0.1, 0.15) is 32.2 Å². The zero-order chi connectivity index (χ0) is 16.3. The van der Waals surface area contributed by atoms with Crippen molar-refractivity contribution in [3.63, 3.8) is 0 Å². The summed E-state index contributed by atoms with van der Waals surface area (Å²) in [5.41, 5.74) is 0.914. The Hall–Kier alpha value is -2.09. The van der Waals surface area contributed by atoms with Gasteiger partial charge in [0.1, 0.15) is 40.6 Å². The molecular weight excluding hydrogens is 300 g/mol. The van der Waals surface area contributed by atoms with Gasteiger partial charge in [0.05, 0.1) is 4.75 Å². The van der Waals surface area contributed by atoms with E-state index in [0.717, 1.165) is 5.56 Å². The molecular formula is C14H20N6OS.